The third-order valence-corrected chi connectivity index (χ3v) is 4.46. The van der Waals surface area contributed by atoms with Gasteiger partial charge in [0.25, 0.3) is 11.8 Å². The smallest absolute Gasteiger partial charge is 0.262 e. The fourth-order valence-electron chi connectivity index (χ4n) is 2.59. The number of nitrogens with one attached hydrogen (secondary N) is 1. The molecule has 8 heteroatoms. The molecule has 0 saturated heterocycles. The van der Waals surface area contributed by atoms with Gasteiger partial charge in [0.05, 0.1) is 11.1 Å². The molecule has 1 aliphatic rings. The molecule has 2 aromatic rings. The van der Waals surface area contributed by atoms with Crippen molar-refractivity contribution in [3.8, 4) is 0 Å². The number of nitrogens with two attached hydrogens (primary N) is 1. The molecular weight excluding hydrogens is 402 g/mol. The molecule has 7 nitrogen and oxygen atoms in total. The maximum atomic E-state index is 12.3. The zero-order valence-electron chi connectivity index (χ0n) is 13.5. The van der Waals surface area contributed by atoms with Gasteiger partial charge in [0.15, 0.2) is 0 Å². The number of nitrogens with zero attached hydrogens (tertiary/aromatic N) is 1. The maximum Gasteiger partial charge on any atom is 0.262 e. The van der Waals surface area contributed by atoms with E-state index in [1.165, 1.54) is 0 Å². The molecule has 1 aliphatic heterocycles. The molecule has 4 amide bonds. The van der Waals surface area contributed by atoms with Crippen LogP contribution in [-0.2, 0) is 11.3 Å². The second-order valence-corrected chi connectivity index (χ2v) is 6.64. The molecule has 0 aliphatic carbocycles. The molecule has 0 atom stereocenters. The third-order valence-electron chi connectivity index (χ3n) is 3.96. The van der Waals surface area contributed by atoms with Crippen LogP contribution >= 0.6 is 15.9 Å². The molecule has 0 bridgehead atoms. The minimum Gasteiger partial charge on any atom is -0.366 e. The van der Waals surface area contributed by atoms with E-state index in [0.717, 1.165) is 10.5 Å². The van der Waals surface area contributed by atoms with Crippen LogP contribution in [0.3, 0.4) is 0 Å². The fourth-order valence-corrected chi connectivity index (χ4v) is 2.95. The predicted molar refractivity (Wildman–Crippen MR) is 96.3 cm³/mol. The summed E-state index contributed by atoms with van der Waals surface area (Å²) < 4.78 is 0.683. The van der Waals surface area contributed by atoms with Gasteiger partial charge in [-0.2, -0.15) is 0 Å². The summed E-state index contributed by atoms with van der Waals surface area (Å²) in [5.41, 5.74) is 6.86. The van der Waals surface area contributed by atoms with E-state index >= 15 is 0 Å². The van der Waals surface area contributed by atoms with Gasteiger partial charge < -0.3 is 11.1 Å². The van der Waals surface area contributed by atoms with Gasteiger partial charge in [-0.25, -0.2) is 0 Å². The van der Waals surface area contributed by atoms with E-state index in [2.05, 4.69) is 21.2 Å². The Morgan fingerprint density at radius 1 is 1.00 bits per heavy atom. The molecule has 0 spiro atoms. The normalized spacial score (nSPS) is 12.9. The first-order valence-corrected chi connectivity index (χ1v) is 8.47. The van der Waals surface area contributed by atoms with Crippen molar-refractivity contribution in [3.05, 3.63) is 69.2 Å². The van der Waals surface area contributed by atoms with Crippen molar-refractivity contribution in [1.82, 2.24) is 10.2 Å². The van der Waals surface area contributed by atoms with E-state index in [4.69, 9.17) is 5.73 Å². The summed E-state index contributed by atoms with van der Waals surface area (Å²) in [5.74, 6) is -1.97. The van der Waals surface area contributed by atoms with Gasteiger partial charge in [-0.15, -0.1) is 0 Å². The molecule has 0 unspecified atom stereocenters. The minimum absolute atomic E-state index is 0.201. The summed E-state index contributed by atoms with van der Waals surface area (Å²) in [5, 5.41) is 2.64. The predicted octanol–water partition coefficient (Wildman–Crippen LogP) is 1.46. The lowest BCUT2D eigenvalue weighted by Gasteiger charge is -2.13. The lowest BCUT2D eigenvalue weighted by molar-refractivity contribution is -0.121. The standard InChI is InChI=1S/C18H14BrN3O4/c19-12-5-6-13-14(7-12)18(26)22(17(13)25)9-15(23)21-8-10-1-3-11(4-2-10)16(20)24/h1-7H,8-9H2,(H2,20,24)(H,21,23). The SMILES string of the molecule is NC(=O)c1ccc(CNC(=O)CN2C(=O)c3ccc(Br)cc3C2=O)cc1. The van der Waals surface area contributed by atoms with E-state index in [0.29, 0.717) is 10.0 Å². The number of halogens is 1. The molecule has 3 N–H and O–H groups in total. The number of benzene rings is 2. The number of carbonyl (C=O) groups is 4. The van der Waals surface area contributed by atoms with Crippen LogP contribution in [0.1, 0.15) is 36.6 Å². The average Bonchev–Trinajstić information content (AvgIpc) is 2.84. The molecular formula is C18H14BrN3O4. The van der Waals surface area contributed by atoms with Crippen molar-refractivity contribution in [1.29, 1.82) is 0 Å². The minimum atomic E-state index is -0.530. The lowest BCUT2D eigenvalue weighted by Crippen LogP contribution is -2.40. The Morgan fingerprint density at radius 3 is 2.31 bits per heavy atom. The molecule has 0 radical (unpaired) electrons. The number of amides is 4. The molecule has 1 heterocycles. The molecule has 2 aromatic carbocycles. The third kappa shape index (κ3) is 3.50. The number of hydrogen-bond donors (Lipinski definition) is 2. The molecule has 132 valence electrons. The summed E-state index contributed by atoms with van der Waals surface area (Å²) in [7, 11) is 0. The summed E-state index contributed by atoms with van der Waals surface area (Å²) in [4.78, 5) is 48.7. The molecule has 3 rings (SSSR count). The van der Waals surface area contributed by atoms with Crippen LogP contribution < -0.4 is 11.1 Å². The number of carbonyl (C=O) groups excluding carboxylic acids is 4. The first-order chi connectivity index (χ1) is 12.4. The molecule has 0 aromatic heterocycles. The van der Waals surface area contributed by atoms with Crippen LogP contribution in [-0.4, -0.2) is 35.1 Å². The van der Waals surface area contributed by atoms with Crippen LogP contribution in [0, 0.1) is 0 Å². The Hall–Kier alpha value is -3.00. The summed E-state index contributed by atoms with van der Waals surface area (Å²) in [6.45, 7) is -0.157. The number of hydrogen-bond acceptors (Lipinski definition) is 4. The Balaban J connectivity index is 1.61. The average molecular weight is 416 g/mol. The largest absolute Gasteiger partial charge is 0.366 e. The number of rotatable bonds is 5. The highest BCUT2D eigenvalue weighted by Crippen LogP contribution is 2.25. The van der Waals surface area contributed by atoms with Gasteiger partial charge in [-0.1, -0.05) is 28.1 Å². The van der Waals surface area contributed by atoms with Gasteiger partial charge in [0.1, 0.15) is 6.54 Å². The fraction of sp³-hybridized carbons (Fsp3) is 0.111. The summed E-state index contributed by atoms with van der Waals surface area (Å²) in [6.07, 6.45) is 0. The van der Waals surface area contributed by atoms with Crippen LogP contribution in [0.25, 0.3) is 0 Å². The topological polar surface area (TPSA) is 110 Å². The van der Waals surface area contributed by atoms with E-state index in [9.17, 15) is 19.2 Å². The first-order valence-electron chi connectivity index (χ1n) is 7.68. The Morgan fingerprint density at radius 2 is 1.65 bits per heavy atom. The van der Waals surface area contributed by atoms with Crippen LogP contribution in [0.15, 0.2) is 46.9 Å². The Bertz CT molecular complexity index is 925. The monoisotopic (exact) mass is 415 g/mol. The van der Waals surface area contributed by atoms with Gasteiger partial charge in [0.2, 0.25) is 11.8 Å². The lowest BCUT2D eigenvalue weighted by atomic mass is 10.1. The number of primary amides is 1. The summed E-state index contributed by atoms with van der Waals surface area (Å²) in [6, 6.07) is 11.2. The van der Waals surface area contributed by atoms with Crippen molar-refractivity contribution in [3.63, 3.8) is 0 Å². The zero-order chi connectivity index (χ0) is 18.8. The highest BCUT2D eigenvalue weighted by atomic mass is 79.9. The highest BCUT2D eigenvalue weighted by molar-refractivity contribution is 9.10. The van der Waals surface area contributed by atoms with Crippen LogP contribution in [0.4, 0.5) is 0 Å². The quantitative estimate of drug-likeness (QED) is 0.720. The van der Waals surface area contributed by atoms with Gasteiger partial charge in [-0.05, 0) is 35.9 Å². The molecule has 26 heavy (non-hydrogen) atoms. The van der Waals surface area contributed by atoms with Crippen molar-refractivity contribution < 1.29 is 19.2 Å². The van der Waals surface area contributed by atoms with E-state index in [1.54, 1.807) is 42.5 Å². The van der Waals surface area contributed by atoms with Crippen molar-refractivity contribution in [2.24, 2.45) is 5.73 Å². The Labute approximate surface area is 157 Å². The van der Waals surface area contributed by atoms with E-state index < -0.39 is 23.6 Å². The van der Waals surface area contributed by atoms with Crippen LogP contribution in [0.2, 0.25) is 0 Å². The molecule has 0 saturated carbocycles. The highest BCUT2D eigenvalue weighted by Gasteiger charge is 2.36. The van der Waals surface area contributed by atoms with Crippen molar-refractivity contribution >= 4 is 39.6 Å². The van der Waals surface area contributed by atoms with Crippen molar-refractivity contribution in [2.45, 2.75) is 6.54 Å². The van der Waals surface area contributed by atoms with E-state index in [-0.39, 0.29) is 24.2 Å². The number of imide groups is 1. The van der Waals surface area contributed by atoms with Crippen LogP contribution in [0.5, 0.6) is 0 Å². The first kappa shape index (κ1) is 17.8. The number of fused-ring (bicyclic) bond motifs is 1. The Kier molecular flexibility index (Phi) is 4.85. The maximum absolute atomic E-state index is 12.3. The van der Waals surface area contributed by atoms with Gasteiger partial charge in [0, 0.05) is 16.6 Å². The summed E-state index contributed by atoms with van der Waals surface area (Å²) >= 11 is 3.26. The van der Waals surface area contributed by atoms with E-state index in [1.807, 2.05) is 0 Å². The van der Waals surface area contributed by atoms with Gasteiger partial charge in [-0.3, -0.25) is 24.1 Å². The second-order valence-electron chi connectivity index (χ2n) is 5.72. The zero-order valence-corrected chi connectivity index (χ0v) is 15.1. The molecule has 0 fully saturated rings. The second kappa shape index (κ2) is 7.09. The van der Waals surface area contributed by atoms with Gasteiger partial charge >= 0.3 is 0 Å². The van der Waals surface area contributed by atoms with Crippen molar-refractivity contribution in [2.75, 3.05) is 6.54 Å².